The second-order valence-electron chi connectivity index (χ2n) is 5.73. The van der Waals surface area contributed by atoms with Gasteiger partial charge in [0.15, 0.2) is 4.77 Å². The van der Waals surface area contributed by atoms with Crippen molar-refractivity contribution in [2.75, 3.05) is 0 Å². The number of hydrogen-bond donors (Lipinski definition) is 1. The van der Waals surface area contributed by atoms with Crippen molar-refractivity contribution in [3.05, 3.63) is 40.1 Å². The van der Waals surface area contributed by atoms with Crippen molar-refractivity contribution in [3.63, 3.8) is 0 Å². The molecule has 3 nitrogen and oxygen atoms in total. The zero-order chi connectivity index (χ0) is 14.4. The molecule has 1 N–H and O–H groups in total. The van der Waals surface area contributed by atoms with Crippen molar-refractivity contribution < 1.29 is 4.39 Å². The Morgan fingerprint density at radius 1 is 1.45 bits per heavy atom. The van der Waals surface area contributed by atoms with E-state index in [0.717, 1.165) is 23.1 Å². The molecule has 0 aliphatic carbocycles. The summed E-state index contributed by atoms with van der Waals surface area (Å²) in [5.74, 6) is -0.220. The van der Waals surface area contributed by atoms with Crippen LogP contribution in [0.3, 0.4) is 0 Å². The van der Waals surface area contributed by atoms with Gasteiger partial charge in [-0.2, -0.15) is 0 Å². The van der Waals surface area contributed by atoms with Crippen LogP contribution >= 0.6 is 12.2 Å². The lowest BCUT2D eigenvalue weighted by molar-refractivity contribution is 0.267. The fraction of sp³-hybridized carbons (Fsp3) is 0.400. The number of aromatic nitrogens is 2. The first kappa shape index (κ1) is 13.4. The van der Waals surface area contributed by atoms with E-state index in [2.05, 4.69) is 41.4 Å². The van der Waals surface area contributed by atoms with Crippen LogP contribution in [-0.4, -0.2) is 20.5 Å². The van der Waals surface area contributed by atoms with E-state index < -0.39 is 0 Å². The maximum atomic E-state index is 13.8. The topological polar surface area (TPSA) is 24.0 Å². The Morgan fingerprint density at radius 3 is 2.90 bits per heavy atom. The molecular formula is C15H18FN3S. The first-order chi connectivity index (χ1) is 9.45. The highest BCUT2D eigenvalue weighted by Gasteiger charge is 2.22. The number of rotatable bonds is 1. The van der Waals surface area contributed by atoms with Crippen molar-refractivity contribution in [1.29, 1.82) is 0 Å². The van der Waals surface area contributed by atoms with Crippen LogP contribution < -0.4 is 0 Å². The smallest absolute Gasteiger partial charge is 0.178 e. The number of halogens is 1. The zero-order valence-corrected chi connectivity index (χ0v) is 12.7. The van der Waals surface area contributed by atoms with E-state index in [-0.39, 0.29) is 5.82 Å². The van der Waals surface area contributed by atoms with E-state index in [4.69, 9.17) is 12.2 Å². The highest BCUT2D eigenvalue weighted by atomic mass is 32.1. The summed E-state index contributed by atoms with van der Waals surface area (Å²) in [6.07, 6.45) is 2.14. The second-order valence-corrected chi connectivity index (χ2v) is 6.12. The minimum Gasteiger partial charge on any atom is -0.369 e. The van der Waals surface area contributed by atoms with Crippen LogP contribution in [0.5, 0.6) is 0 Å². The molecule has 1 atom stereocenters. The number of imidazole rings is 1. The number of hydrogen-bond acceptors (Lipinski definition) is 2. The van der Waals surface area contributed by atoms with E-state index in [1.165, 1.54) is 11.6 Å². The van der Waals surface area contributed by atoms with Crippen LogP contribution in [0, 0.1) is 10.6 Å². The van der Waals surface area contributed by atoms with E-state index in [1.54, 1.807) is 6.07 Å². The van der Waals surface area contributed by atoms with Gasteiger partial charge < -0.3 is 14.5 Å². The molecule has 0 amide bonds. The maximum absolute atomic E-state index is 13.8. The predicted molar refractivity (Wildman–Crippen MR) is 81.5 cm³/mol. The molecule has 2 aromatic rings. The lowest BCUT2D eigenvalue weighted by atomic mass is 10.1. The van der Waals surface area contributed by atoms with E-state index in [9.17, 15) is 4.39 Å². The molecule has 2 heterocycles. The van der Waals surface area contributed by atoms with Gasteiger partial charge in [0, 0.05) is 24.7 Å². The van der Waals surface area contributed by atoms with Gasteiger partial charge in [-0.1, -0.05) is 5.57 Å². The summed E-state index contributed by atoms with van der Waals surface area (Å²) >= 11 is 5.38. The van der Waals surface area contributed by atoms with Crippen molar-refractivity contribution in [2.24, 2.45) is 0 Å². The van der Waals surface area contributed by atoms with Gasteiger partial charge in [0.25, 0.3) is 0 Å². The van der Waals surface area contributed by atoms with Crippen LogP contribution in [0.15, 0.2) is 23.9 Å². The molecule has 0 fully saturated rings. The number of aromatic amines is 1. The van der Waals surface area contributed by atoms with Crippen LogP contribution in [0.4, 0.5) is 4.39 Å². The standard InChI is InChI=1S/C15H18FN3S/c1-9(2)6-18-8-11-4-12(16)5-13-14(11)19(7-10(18)3)15(20)17-13/h4-6,10H,7-8H2,1-3H3,(H,17,20)/t10-/m0/s1. The third-order valence-electron chi connectivity index (χ3n) is 3.70. The van der Waals surface area contributed by atoms with Gasteiger partial charge in [0.1, 0.15) is 5.82 Å². The fourth-order valence-corrected chi connectivity index (χ4v) is 3.15. The number of nitrogens with zero attached hydrogens (tertiary/aromatic N) is 2. The lowest BCUT2D eigenvalue weighted by Crippen LogP contribution is -2.29. The van der Waals surface area contributed by atoms with Crippen LogP contribution in [0.1, 0.15) is 26.3 Å². The van der Waals surface area contributed by atoms with Crippen molar-refractivity contribution in [3.8, 4) is 0 Å². The molecular weight excluding hydrogens is 273 g/mol. The summed E-state index contributed by atoms with van der Waals surface area (Å²) in [6, 6.07) is 3.45. The summed E-state index contributed by atoms with van der Waals surface area (Å²) < 4.78 is 16.5. The van der Waals surface area contributed by atoms with Gasteiger partial charge in [-0.3, -0.25) is 0 Å². The van der Waals surface area contributed by atoms with Gasteiger partial charge in [0.2, 0.25) is 0 Å². The summed E-state index contributed by atoms with van der Waals surface area (Å²) in [6.45, 7) is 7.83. The third-order valence-corrected chi connectivity index (χ3v) is 4.02. The maximum Gasteiger partial charge on any atom is 0.178 e. The number of benzene rings is 1. The van der Waals surface area contributed by atoms with Crippen LogP contribution in [0.25, 0.3) is 11.0 Å². The summed E-state index contributed by atoms with van der Waals surface area (Å²) in [4.78, 5) is 5.36. The lowest BCUT2D eigenvalue weighted by Gasteiger charge is -2.26. The van der Waals surface area contributed by atoms with Gasteiger partial charge in [-0.25, -0.2) is 4.39 Å². The molecule has 5 heteroatoms. The second kappa shape index (κ2) is 4.74. The average Bonchev–Trinajstić information content (AvgIpc) is 2.55. The number of nitrogens with one attached hydrogen (secondary N) is 1. The highest BCUT2D eigenvalue weighted by molar-refractivity contribution is 7.71. The normalized spacial score (nSPS) is 18.2. The molecule has 0 radical (unpaired) electrons. The van der Waals surface area contributed by atoms with Gasteiger partial charge in [-0.05, 0) is 51.3 Å². The molecule has 1 aromatic carbocycles. The molecule has 0 unspecified atom stereocenters. The molecule has 0 saturated carbocycles. The van der Waals surface area contributed by atoms with Crippen molar-refractivity contribution >= 4 is 23.3 Å². The Morgan fingerprint density at radius 2 is 2.20 bits per heavy atom. The number of allylic oxidation sites excluding steroid dienone is 1. The molecule has 106 valence electrons. The molecule has 20 heavy (non-hydrogen) atoms. The van der Waals surface area contributed by atoms with E-state index in [0.29, 0.717) is 17.4 Å². The third kappa shape index (κ3) is 2.16. The Bertz CT molecular complexity index is 752. The zero-order valence-electron chi connectivity index (χ0n) is 11.9. The SMILES string of the molecule is CC(C)=CN1Cc2cc(F)cc3[nH]c(=S)n(c23)C[C@@H]1C. The monoisotopic (exact) mass is 291 g/mol. The first-order valence-corrected chi connectivity index (χ1v) is 7.18. The Labute approximate surface area is 122 Å². The van der Waals surface area contributed by atoms with Crippen molar-refractivity contribution in [1.82, 2.24) is 14.5 Å². The van der Waals surface area contributed by atoms with Gasteiger partial charge in [-0.15, -0.1) is 0 Å². The average molecular weight is 291 g/mol. The number of H-pyrrole nitrogens is 1. The minimum atomic E-state index is -0.220. The molecule has 1 aromatic heterocycles. The summed E-state index contributed by atoms with van der Waals surface area (Å²) in [5, 5.41) is 0. The van der Waals surface area contributed by atoms with Gasteiger partial charge in [0.05, 0.1) is 11.0 Å². The quantitative estimate of drug-likeness (QED) is 0.804. The molecule has 0 spiro atoms. The molecule has 0 bridgehead atoms. The Kier molecular flexibility index (Phi) is 3.17. The fourth-order valence-electron chi connectivity index (χ4n) is 2.87. The highest BCUT2D eigenvalue weighted by Crippen LogP contribution is 2.27. The largest absolute Gasteiger partial charge is 0.369 e. The van der Waals surface area contributed by atoms with E-state index >= 15 is 0 Å². The molecule has 1 aliphatic rings. The van der Waals surface area contributed by atoms with Crippen LogP contribution in [0.2, 0.25) is 0 Å². The van der Waals surface area contributed by atoms with Crippen molar-refractivity contribution in [2.45, 2.75) is 39.9 Å². The summed E-state index contributed by atoms with van der Waals surface area (Å²) in [5.41, 5.74) is 4.04. The first-order valence-electron chi connectivity index (χ1n) is 6.77. The van der Waals surface area contributed by atoms with E-state index in [1.807, 2.05) is 0 Å². The predicted octanol–water partition coefficient (Wildman–Crippen LogP) is 3.97. The minimum absolute atomic E-state index is 0.220. The van der Waals surface area contributed by atoms with Gasteiger partial charge >= 0.3 is 0 Å². The summed E-state index contributed by atoms with van der Waals surface area (Å²) in [7, 11) is 0. The molecule has 3 rings (SSSR count). The van der Waals surface area contributed by atoms with Crippen LogP contribution in [-0.2, 0) is 13.1 Å². The molecule has 1 aliphatic heterocycles. The molecule has 0 saturated heterocycles. The Balaban J connectivity index is 2.22. The Hall–Kier alpha value is -1.62.